The second kappa shape index (κ2) is 10.2. The SMILES string of the molecule is C=CCN1CC[C@@]2(c3cccc(OC)c3)C[C@@H](NC(=O)OCc3ccccc3)CC[C@@H]2C1. The molecular formula is C27H34N2O3. The topological polar surface area (TPSA) is 50.8 Å². The van der Waals surface area contributed by atoms with E-state index in [0.29, 0.717) is 12.5 Å². The third-order valence-electron chi connectivity index (χ3n) is 7.18. The average molecular weight is 435 g/mol. The van der Waals surface area contributed by atoms with Crippen molar-refractivity contribution in [3.63, 3.8) is 0 Å². The molecule has 1 amide bonds. The Labute approximate surface area is 191 Å². The van der Waals surface area contributed by atoms with Crippen LogP contribution in [0.4, 0.5) is 4.79 Å². The maximum Gasteiger partial charge on any atom is 0.407 e. The molecule has 1 N–H and O–H groups in total. The van der Waals surface area contributed by atoms with Gasteiger partial charge in [0.2, 0.25) is 0 Å². The Bertz CT molecular complexity index is 916. The number of rotatable bonds is 7. The van der Waals surface area contributed by atoms with Gasteiger partial charge in [0.25, 0.3) is 0 Å². The largest absolute Gasteiger partial charge is 0.497 e. The van der Waals surface area contributed by atoms with Crippen molar-refractivity contribution in [2.75, 3.05) is 26.7 Å². The van der Waals surface area contributed by atoms with Gasteiger partial charge in [-0.15, -0.1) is 6.58 Å². The summed E-state index contributed by atoms with van der Waals surface area (Å²) in [5.41, 5.74) is 2.35. The number of nitrogens with one attached hydrogen (secondary N) is 1. The summed E-state index contributed by atoms with van der Waals surface area (Å²) in [4.78, 5) is 15.0. The number of hydrogen-bond donors (Lipinski definition) is 1. The van der Waals surface area contributed by atoms with Crippen molar-refractivity contribution < 1.29 is 14.3 Å². The molecule has 0 unspecified atom stereocenters. The van der Waals surface area contributed by atoms with Crippen LogP contribution in [0.25, 0.3) is 0 Å². The fourth-order valence-corrected chi connectivity index (χ4v) is 5.55. The van der Waals surface area contributed by atoms with Gasteiger partial charge in [-0.05, 0) is 61.4 Å². The number of nitrogens with zero attached hydrogens (tertiary/aromatic N) is 1. The minimum atomic E-state index is -0.331. The molecule has 5 heteroatoms. The fraction of sp³-hybridized carbons (Fsp3) is 0.444. The minimum absolute atomic E-state index is 0.0296. The lowest BCUT2D eigenvalue weighted by atomic mass is 9.58. The highest BCUT2D eigenvalue weighted by atomic mass is 16.5. The number of benzene rings is 2. The van der Waals surface area contributed by atoms with Gasteiger partial charge in [-0.1, -0.05) is 48.5 Å². The summed E-state index contributed by atoms with van der Waals surface area (Å²) >= 11 is 0. The quantitative estimate of drug-likeness (QED) is 0.629. The number of carbonyl (C=O) groups excluding carboxylic acids is 1. The first kappa shape index (κ1) is 22.4. The predicted octanol–water partition coefficient (Wildman–Crippen LogP) is 4.92. The van der Waals surface area contributed by atoms with Gasteiger partial charge in [0, 0.05) is 24.5 Å². The first-order valence-corrected chi connectivity index (χ1v) is 11.6. The smallest absolute Gasteiger partial charge is 0.407 e. The van der Waals surface area contributed by atoms with Gasteiger partial charge in [-0.2, -0.15) is 0 Å². The summed E-state index contributed by atoms with van der Waals surface area (Å²) in [6.07, 6.45) is 5.70. The van der Waals surface area contributed by atoms with Crippen LogP contribution in [-0.2, 0) is 16.8 Å². The molecule has 0 radical (unpaired) electrons. The lowest BCUT2D eigenvalue weighted by molar-refractivity contribution is 0.0471. The van der Waals surface area contributed by atoms with Crippen LogP contribution < -0.4 is 10.1 Å². The highest BCUT2D eigenvalue weighted by Gasteiger charge is 2.48. The number of fused-ring (bicyclic) bond motifs is 1. The fourth-order valence-electron chi connectivity index (χ4n) is 5.55. The average Bonchev–Trinajstić information content (AvgIpc) is 2.84. The van der Waals surface area contributed by atoms with E-state index in [1.54, 1.807) is 7.11 Å². The summed E-state index contributed by atoms with van der Waals surface area (Å²) in [7, 11) is 1.72. The highest BCUT2D eigenvalue weighted by molar-refractivity contribution is 5.67. The van der Waals surface area contributed by atoms with Crippen molar-refractivity contribution in [2.45, 2.75) is 43.7 Å². The molecule has 5 nitrogen and oxygen atoms in total. The van der Waals surface area contributed by atoms with Crippen LogP contribution in [0.5, 0.6) is 5.75 Å². The number of amides is 1. The predicted molar refractivity (Wildman–Crippen MR) is 127 cm³/mol. The highest BCUT2D eigenvalue weighted by Crippen LogP contribution is 2.49. The normalized spacial score (nSPS) is 25.4. The zero-order valence-corrected chi connectivity index (χ0v) is 19.0. The molecule has 2 aromatic rings. The van der Waals surface area contributed by atoms with E-state index in [1.807, 2.05) is 42.5 Å². The molecule has 0 spiro atoms. The summed E-state index contributed by atoms with van der Waals surface area (Å²) in [6, 6.07) is 18.4. The molecule has 2 aliphatic rings. The first-order chi connectivity index (χ1) is 15.6. The Hall–Kier alpha value is -2.79. The molecule has 2 fully saturated rings. The molecule has 1 heterocycles. The van der Waals surface area contributed by atoms with E-state index in [9.17, 15) is 4.79 Å². The number of carbonyl (C=O) groups is 1. The molecule has 2 aromatic carbocycles. The summed E-state index contributed by atoms with van der Waals surface area (Å²) in [6.45, 7) is 7.24. The Kier molecular flexibility index (Phi) is 7.15. The standard InChI is InChI=1S/C27H34N2O3/c1-3-15-29-16-14-27(22-10-7-11-25(17-22)31-2)18-24(13-12-23(27)19-29)28-26(30)32-20-21-8-5-4-6-9-21/h3-11,17,23-24H,1,12-16,18-20H2,2H3,(H,28,30)/t23-,24+,27+/m1/s1. The van der Waals surface area contributed by atoms with Gasteiger partial charge in [0.05, 0.1) is 7.11 Å². The molecular weight excluding hydrogens is 400 g/mol. The Morgan fingerprint density at radius 1 is 1.22 bits per heavy atom. The van der Waals surface area contributed by atoms with Crippen molar-refractivity contribution >= 4 is 6.09 Å². The third kappa shape index (κ3) is 4.99. The van der Waals surface area contributed by atoms with E-state index >= 15 is 0 Å². The van der Waals surface area contributed by atoms with Crippen LogP contribution in [0.2, 0.25) is 0 Å². The maximum absolute atomic E-state index is 12.6. The summed E-state index contributed by atoms with van der Waals surface area (Å²) in [5.74, 6) is 1.43. The van der Waals surface area contributed by atoms with Crippen molar-refractivity contribution in [3.8, 4) is 5.75 Å². The molecule has 32 heavy (non-hydrogen) atoms. The second-order valence-corrected chi connectivity index (χ2v) is 9.07. The molecule has 1 aliphatic heterocycles. The monoisotopic (exact) mass is 434 g/mol. The van der Waals surface area contributed by atoms with E-state index in [0.717, 1.165) is 56.6 Å². The van der Waals surface area contributed by atoms with E-state index in [-0.39, 0.29) is 17.6 Å². The minimum Gasteiger partial charge on any atom is -0.497 e. The molecule has 1 aliphatic carbocycles. The van der Waals surface area contributed by atoms with Crippen molar-refractivity contribution in [1.82, 2.24) is 10.2 Å². The third-order valence-corrected chi connectivity index (χ3v) is 7.18. The lowest BCUT2D eigenvalue weighted by Gasteiger charge is -2.53. The molecule has 0 bridgehead atoms. The van der Waals surface area contributed by atoms with Gasteiger partial charge < -0.3 is 14.8 Å². The first-order valence-electron chi connectivity index (χ1n) is 11.6. The van der Waals surface area contributed by atoms with Gasteiger partial charge >= 0.3 is 6.09 Å². The molecule has 0 aromatic heterocycles. The Morgan fingerprint density at radius 3 is 2.84 bits per heavy atom. The molecule has 1 saturated heterocycles. The molecule has 1 saturated carbocycles. The lowest BCUT2D eigenvalue weighted by Crippen LogP contribution is -2.56. The molecule has 170 valence electrons. The number of ether oxygens (including phenoxy) is 2. The summed E-state index contributed by atoms with van der Waals surface area (Å²) in [5, 5.41) is 3.16. The number of methoxy groups -OCH3 is 1. The molecule has 3 atom stereocenters. The van der Waals surface area contributed by atoms with Gasteiger partial charge in [-0.3, -0.25) is 4.90 Å². The zero-order valence-electron chi connectivity index (χ0n) is 19.0. The Morgan fingerprint density at radius 2 is 2.06 bits per heavy atom. The van der Waals surface area contributed by atoms with Crippen LogP contribution in [0, 0.1) is 5.92 Å². The van der Waals surface area contributed by atoms with Crippen molar-refractivity contribution in [2.24, 2.45) is 5.92 Å². The number of likely N-dealkylation sites (tertiary alicyclic amines) is 1. The van der Waals surface area contributed by atoms with Crippen LogP contribution in [0.15, 0.2) is 67.3 Å². The van der Waals surface area contributed by atoms with Gasteiger partial charge in [-0.25, -0.2) is 4.79 Å². The molecule has 4 rings (SSSR count). The summed E-state index contributed by atoms with van der Waals surface area (Å²) < 4.78 is 11.0. The number of piperidine rings is 1. The van der Waals surface area contributed by atoms with Crippen LogP contribution in [0.3, 0.4) is 0 Å². The van der Waals surface area contributed by atoms with Crippen molar-refractivity contribution in [3.05, 3.63) is 78.4 Å². The van der Waals surface area contributed by atoms with Crippen LogP contribution in [0.1, 0.15) is 36.8 Å². The van der Waals surface area contributed by atoms with Crippen molar-refractivity contribution in [1.29, 1.82) is 0 Å². The zero-order chi connectivity index (χ0) is 22.4. The van der Waals surface area contributed by atoms with Gasteiger partial charge in [0.15, 0.2) is 0 Å². The number of alkyl carbamates (subject to hydrolysis) is 1. The van der Waals surface area contributed by atoms with E-state index < -0.39 is 0 Å². The van der Waals surface area contributed by atoms with Crippen LogP contribution in [-0.4, -0.2) is 43.8 Å². The van der Waals surface area contributed by atoms with E-state index in [1.165, 1.54) is 5.56 Å². The number of hydrogen-bond acceptors (Lipinski definition) is 4. The van der Waals surface area contributed by atoms with Gasteiger partial charge in [0.1, 0.15) is 12.4 Å². The van der Waals surface area contributed by atoms with E-state index in [4.69, 9.17) is 9.47 Å². The second-order valence-electron chi connectivity index (χ2n) is 9.07. The maximum atomic E-state index is 12.6. The Balaban J connectivity index is 1.48. The van der Waals surface area contributed by atoms with Crippen LogP contribution >= 0.6 is 0 Å². The van der Waals surface area contributed by atoms with E-state index in [2.05, 4.69) is 35.0 Å².